The van der Waals surface area contributed by atoms with E-state index in [-0.39, 0.29) is 5.56 Å². The third kappa shape index (κ3) is 2.31. The predicted octanol–water partition coefficient (Wildman–Crippen LogP) is 2.97. The van der Waals surface area contributed by atoms with Crippen LogP contribution in [0.1, 0.15) is 15.9 Å². The largest absolute Gasteiger partial charge is 0.478 e. The molecule has 0 bridgehead atoms. The third-order valence-corrected chi connectivity index (χ3v) is 2.63. The second-order valence-electron chi connectivity index (χ2n) is 3.57. The summed E-state index contributed by atoms with van der Waals surface area (Å²) in [6, 6.07) is 8.12. The standard InChI is InChI=1S/C13H7ClN2O2/c14-10-1-2-11(12(4-10)13(17)18)9-3-8(5-15)6-16-7-9/h1-4,6-7H,(H,17,18). The van der Waals surface area contributed by atoms with Gasteiger partial charge in [0.05, 0.1) is 11.1 Å². The second kappa shape index (κ2) is 4.86. The van der Waals surface area contributed by atoms with E-state index >= 15 is 0 Å². The van der Waals surface area contributed by atoms with Gasteiger partial charge in [0.25, 0.3) is 0 Å². The molecule has 2 rings (SSSR count). The van der Waals surface area contributed by atoms with Crippen LogP contribution in [0.4, 0.5) is 0 Å². The lowest BCUT2D eigenvalue weighted by atomic mass is 10.0. The molecule has 0 aliphatic heterocycles. The van der Waals surface area contributed by atoms with Gasteiger partial charge in [-0.25, -0.2) is 4.79 Å². The van der Waals surface area contributed by atoms with Crippen LogP contribution in [-0.2, 0) is 0 Å². The molecule has 4 nitrogen and oxygen atoms in total. The van der Waals surface area contributed by atoms with E-state index in [1.165, 1.54) is 18.5 Å². The van der Waals surface area contributed by atoms with Crippen LogP contribution in [0.2, 0.25) is 5.02 Å². The number of rotatable bonds is 2. The number of halogens is 1. The normalized spacial score (nSPS) is 9.78. The van der Waals surface area contributed by atoms with E-state index in [9.17, 15) is 4.79 Å². The summed E-state index contributed by atoms with van der Waals surface area (Å²) in [5.74, 6) is -1.07. The molecule has 0 fully saturated rings. The Hall–Kier alpha value is -2.38. The van der Waals surface area contributed by atoms with Gasteiger partial charge in [-0.2, -0.15) is 5.26 Å². The van der Waals surface area contributed by atoms with Crippen molar-refractivity contribution < 1.29 is 9.90 Å². The quantitative estimate of drug-likeness (QED) is 0.899. The summed E-state index contributed by atoms with van der Waals surface area (Å²) < 4.78 is 0. The number of pyridine rings is 1. The van der Waals surface area contributed by atoms with E-state index < -0.39 is 5.97 Å². The van der Waals surface area contributed by atoms with Gasteiger partial charge >= 0.3 is 5.97 Å². The first-order valence-corrected chi connectivity index (χ1v) is 5.38. The summed E-state index contributed by atoms with van der Waals surface area (Å²) in [7, 11) is 0. The van der Waals surface area contributed by atoms with Gasteiger partial charge < -0.3 is 5.11 Å². The summed E-state index contributed by atoms with van der Waals surface area (Å²) in [4.78, 5) is 15.1. The summed E-state index contributed by atoms with van der Waals surface area (Å²) >= 11 is 5.78. The fourth-order valence-corrected chi connectivity index (χ4v) is 1.77. The second-order valence-corrected chi connectivity index (χ2v) is 4.01. The van der Waals surface area contributed by atoms with Crippen molar-refractivity contribution in [2.24, 2.45) is 0 Å². The number of nitriles is 1. The zero-order valence-corrected chi connectivity index (χ0v) is 9.85. The highest BCUT2D eigenvalue weighted by molar-refractivity contribution is 6.31. The summed E-state index contributed by atoms with van der Waals surface area (Å²) in [6.07, 6.45) is 2.93. The van der Waals surface area contributed by atoms with Crippen LogP contribution in [0.5, 0.6) is 0 Å². The molecule has 1 heterocycles. The van der Waals surface area contributed by atoms with E-state index in [2.05, 4.69) is 4.98 Å². The van der Waals surface area contributed by atoms with Crippen LogP contribution in [0.15, 0.2) is 36.7 Å². The average Bonchev–Trinajstić information content (AvgIpc) is 2.38. The minimum Gasteiger partial charge on any atom is -0.478 e. The third-order valence-electron chi connectivity index (χ3n) is 2.39. The fraction of sp³-hybridized carbons (Fsp3) is 0. The smallest absolute Gasteiger partial charge is 0.336 e. The van der Waals surface area contributed by atoms with E-state index in [1.807, 2.05) is 6.07 Å². The first kappa shape index (κ1) is 12.1. The molecule has 0 spiro atoms. The molecule has 0 amide bonds. The number of benzene rings is 1. The number of hydrogen-bond donors (Lipinski definition) is 1. The van der Waals surface area contributed by atoms with Gasteiger partial charge in [-0.15, -0.1) is 0 Å². The van der Waals surface area contributed by atoms with Gasteiger partial charge in [0.15, 0.2) is 0 Å². The first-order valence-electron chi connectivity index (χ1n) is 5.00. The molecule has 1 N–H and O–H groups in total. The molecule has 0 radical (unpaired) electrons. The molecule has 0 aliphatic carbocycles. The summed E-state index contributed by atoms with van der Waals surface area (Å²) in [5.41, 5.74) is 1.51. The lowest BCUT2D eigenvalue weighted by Crippen LogP contribution is -1.99. The Morgan fingerprint density at radius 2 is 2.11 bits per heavy atom. The molecule has 2 aromatic rings. The summed E-state index contributed by atoms with van der Waals surface area (Å²) in [5, 5.41) is 18.3. The maximum absolute atomic E-state index is 11.2. The molecule has 88 valence electrons. The fourth-order valence-electron chi connectivity index (χ4n) is 1.59. The van der Waals surface area contributed by atoms with Gasteiger partial charge in [-0.1, -0.05) is 17.7 Å². The van der Waals surface area contributed by atoms with Gasteiger partial charge in [-0.05, 0) is 23.8 Å². The highest BCUT2D eigenvalue weighted by Gasteiger charge is 2.12. The highest BCUT2D eigenvalue weighted by atomic mass is 35.5. The Bertz CT molecular complexity index is 662. The Labute approximate surface area is 108 Å². The van der Waals surface area contributed by atoms with Crippen molar-refractivity contribution in [2.75, 3.05) is 0 Å². The lowest BCUT2D eigenvalue weighted by Gasteiger charge is -2.06. The van der Waals surface area contributed by atoms with Crippen LogP contribution in [0.25, 0.3) is 11.1 Å². The number of aromatic nitrogens is 1. The van der Waals surface area contributed by atoms with Crippen LogP contribution in [-0.4, -0.2) is 16.1 Å². The molecular formula is C13H7ClN2O2. The monoisotopic (exact) mass is 258 g/mol. The summed E-state index contributed by atoms with van der Waals surface area (Å²) in [6.45, 7) is 0. The van der Waals surface area contributed by atoms with Crippen molar-refractivity contribution in [1.82, 2.24) is 4.98 Å². The molecule has 5 heteroatoms. The van der Waals surface area contributed by atoms with Crippen molar-refractivity contribution in [3.63, 3.8) is 0 Å². The molecule has 0 saturated carbocycles. The minimum absolute atomic E-state index is 0.0828. The van der Waals surface area contributed by atoms with Gasteiger partial charge in [0.1, 0.15) is 6.07 Å². The number of hydrogen-bond acceptors (Lipinski definition) is 3. The van der Waals surface area contributed by atoms with E-state index in [1.54, 1.807) is 18.2 Å². The Kier molecular flexibility index (Phi) is 3.26. The molecule has 0 saturated heterocycles. The van der Waals surface area contributed by atoms with E-state index in [0.29, 0.717) is 21.7 Å². The first-order chi connectivity index (χ1) is 8.61. The van der Waals surface area contributed by atoms with Crippen LogP contribution in [0, 0.1) is 11.3 Å². The Balaban J connectivity index is 2.63. The predicted molar refractivity (Wildman–Crippen MR) is 66.4 cm³/mol. The molecular weight excluding hydrogens is 252 g/mol. The Morgan fingerprint density at radius 1 is 1.33 bits per heavy atom. The molecule has 0 aliphatic rings. The zero-order valence-electron chi connectivity index (χ0n) is 9.09. The molecule has 0 unspecified atom stereocenters. The van der Waals surface area contributed by atoms with Gasteiger partial charge in [0, 0.05) is 23.0 Å². The van der Waals surface area contributed by atoms with E-state index in [0.717, 1.165) is 0 Å². The van der Waals surface area contributed by atoms with Crippen LogP contribution in [0.3, 0.4) is 0 Å². The maximum atomic E-state index is 11.2. The van der Waals surface area contributed by atoms with Gasteiger partial charge in [-0.3, -0.25) is 4.98 Å². The van der Waals surface area contributed by atoms with Crippen molar-refractivity contribution >= 4 is 17.6 Å². The number of carboxylic acid groups (broad SMARTS) is 1. The number of aromatic carboxylic acids is 1. The van der Waals surface area contributed by atoms with Crippen LogP contribution < -0.4 is 0 Å². The average molecular weight is 259 g/mol. The molecule has 18 heavy (non-hydrogen) atoms. The number of carbonyl (C=O) groups is 1. The zero-order chi connectivity index (χ0) is 13.1. The number of carboxylic acids is 1. The number of nitrogens with zero attached hydrogens (tertiary/aromatic N) is 2. The van der Waals surface area contributed by atoms with Crippen molar-refractivity contribution in [2.45, 2.75) is 0 Å². The molecule has 1 aromatic heterocycles. The van der Waals surface area contributed by atoms with Crippen LogP contribution >= 0.6 is 11.6 Å². The van der Waals surface area contributed by atoms with Crippen molar-refractivity contribution in [3.8, 4) is 17.2 Å². The molecule has 0 atom stereocenters. The lowest BCUT2D eigenvalue weighted by molar-refractivity contribution is 0.0697. The highest BCUT2D eigenvalue weighted by Crippen LogP contribution is 2.26. The van der Waals surface area contributed by atoms with Gasteiger partial charge in [0.2, 0.25) is 0 Å². The Morgan fingerprint density at radius 3 is 2.78 bits per heavy atom. The topological polar surface area (TPSA) is 74.0 Å². The SMILES string of the molecule is N#Cc1cncc(-c2ccc(Cl)cc2C(=O)O)c1. The van der Waals surface area contributed by atoms with Crippen molar-refractivity contribution in [1.29, 1.82) is 5.26 Å². The maximum Gasteiger partial charge on any atom is 0.336 e. The van der Waals surface area contributed by atoms with E-state index in [4.69, 9.17) is 22.0 Å². The van der Waals surface area contributed by atoms with Crippen molar-refractivity contribution in [3.05, 3.63) is 52.8 Å². The minimum atomic E-state index is -1.07. The molecule has 1 aromatic carbocycles.